The molecule has 0 bridgehead atoms. The van der Waals surface area contributed by atoms with Crippen LogP contribution in [0.2, 0.25) is 5.02 Å². The van der Waals surface area contributed by atoms with E-state index in [-0.39, 0.29) is 32.1 Å². The van der Waals surface area contributed by atoms with Crippen molar-refractivity contribution in [3.63, 3.8) is 0 Å². The monoisotopic (exact) mass is 640 g/mol. The molecule has 0 amide bonds. The predicted molar refractivity (Wildman–Crippen MR) is 146 cm³/mol. The Kier molecular flexibility index (Phi) is 7.98. The van der Waals surface area contributed by atoms with Gasteiger partial charge in [0.15, 0.2) is 5.75 Å². The van der Waals surface area contributed by atoms with Gasteiger partial charge in [-0.2, -0.15) is 35.5 Å². The largest absolute Gasteiger partial charge is 0.505 e. The normalized spacial score (nSPS) is 13.0. The summed E-state index contributed by atoms with van der Waals surface area (Å²) in [5, 5.41) is 26.0. The number of phenolic OH excluding ortho intramolecular Hbond substituents is 1. The SMILES string of the molecule is Cc1cc(Cl)c2c(O)c(N=Nc3ccc(N=Nc4ccc(S(=O)(=O)O)cc4)cc3S(=O)(=O)O)c(S(=O)(=O)O)cc2c1. The van der Waals surface area contributed by atoms with Crippen LogP contribution in [0.5, 0.6) is 5.75 Å². The molecule has 41 heavy (non-hydrogen) atoms. The van der Waals surface area contributed by atoms with E-state index in [4.69, 9.17) is 16.2 Å². The number of fused-ring (bicyclic) bond motifs is 1. The van der Waals surface area contributed by atoms with Crippen LogP contribution in [0.4, 0.5) is 22.7 Å². The number of aromatic hydroxyl groups is 1. The number of hydrogen-bond acceptors (Lipinski definition) is 11. The van der Waals surface area contributed by atoms with Gasteiger partial charge in [-0.15, -0.1) is 10.2 Å². The van der Waals surface area contributed by atoms with Gasteiger partial charge in [0, 0.05) is 5.39 Å². The van der Waals surface area contributed by atoms with Crippen molar-refractivity contribution in [2.45, 2.75) is 21.6 Å². The van der Waals surface area contributed by atoms with Crippen molar-refractivity contribution in [3.05, 3.63) is 71.2 Å². The van der Waals surface area contributed by atoms with Gasteiger partial charge in [0.25, 0.3) is 30.4 Å². The fourth-order valence-electron chi connectivity index (χ4n) is 3.63. The number of halogens is 1. The van der Waals surface area contributed by atoms with E-state index < -0.39 is 57.3 Å². The third-order valence-corrected chi connectivity index (χ3v) is 8.33. The molecule has 0 aromatic heterocycles. The zero-order chi connectivity index (χ0) is 30.3. The summed E-state index contributed by atoms with van der Waals surface area (Å²) in [7, 11) is -14.4. The molecule has 0 unspecified atom stereocenters. The molecule has 14 nitrogen and oxygen atoms in total. The fraction of sp³-hybridized carbons (Fsp3) is 0.0435. The highest BCUT2D eigenvalue weighted by molar-refractivity contribution is 7.86. The van der Waals surface area contributed by atoms with E-state index >= 15 is 0 Å². The Hall–Kier alpha value is -3.84. The quantitative estimate of drug-likeness (QED) is 0.134. The minimum atomic E-state index is -4.97. The molecule has 0 aliphatic carbocycles. The molecular weight excluding hydrogens is 624 g/mol. The third kappa shape index (κ3) is 6.73. The smallest absolute Gasteiger partial charge is 0.296 e. The van der Waals surface area contributed by atoms with Gasteiger partial charge in [-0.1, -0.05) is 17.7 Å². The number of benzene rings is 4. The van der Waals surface area contributed by atoms with Crippen molar-refractivity contribution < 1.29 is 44.0 Å². The molecule has 4 aromatic carbocycles. The minimum absolute atomic E-state index is 0.00556. The summed E-state index contributed by atoms with van der Waals surface area (Å²) in [5.74, 6) is -0.761. The first-order chi connectivity index (χ1) is 18.9. The molecule has 0 saturated heterocycles. The van der Waals surface area contributed by atoms with Crippen LogP contribution in [0.1, 0.15) is 5.56 Å². The van der Waals surface area contributed by atoms with E-state index in [2.05, 4.69) is 20.5 Å². The van der Waals surface area contributed by atoms with Gasteiger partial charge in [0.05, 0.1) is 21.3 Å². The van der Waals surface area contributed by atoms with E-state index in [1.54, 1.807) is 6.92 Å². The van der Waals surface area contributed by atoms with Crippen LogP contribution in [0.25, 0.3) is 10.8 Å². The summed E-state index contributed by atoms with van der Waals surface area (Å²) in [4.78, 5) is -2.04. The highest BCUT2D eigenvalue weighted by Gasteiger charge is 2.24. The van der Waals surface area contributed by atoms with Gasteiger partial charge in [-0.3, -0.25) is 13.7 Å². The van der Waals surface area contributed by atoms with Gasteiger partial charge in [0.1, 0.15) is 21.2 Å². The van der Waals surface area contributed by atoms with Gasteiger partial charge in [-0.05, 0) is 72.5 Å². The summed E-state index contributed by atoms with van der Waals surface area (Å²) >= 11 is 6.21. The second-order valence-electron chi connectivity index (χ2n) is 8.39. The fourth-order valence-corrected chi connectivity index (χ4v) is 5.78. The number of aryl methyl sites for hydroxylation is 1. The van der Waals surface area contributed by atoms with Crippen molar-refractivity contribution in [3.8, 4) is 5.75 Å². The Labute approximate surface area is 237 Å². The molecule has 0 saturated carbocycles. The number of rotatable bonds is 7. The average molecular weight is 641 g/mol. The molecule has 4 rings (SSSR count). The molecule has 0 fully saturated rings. The molecule has 18 heteroatoms. The molecule has 0 atom stereocenters. The lowest BCUT2D eigenvalue weighted by atomic mass is 10.1. The van der Waals surface area contributed by atoms with Crippen LogP contribution < -0.4 is 0 Å². The highest BCUT2D eigenvalue weighted by Crippen LogP contribution is 2.44. The zero-order valence-electron chi connectivity index (χ0n) is 20.4. The maximum atomic E-state index is 12.1. The zero-order valence-corrected chi connectivity index (χ0v) is 23.6. The van der Waals surface area contributed by atoms with Crippen molar-refractivity contribution in [1.29, 1.82) is 0 Å². The van der Waals surface area contributed by atoms with Crippen molar-refractivity contribution in [2.24, 2.45) is 20.5 Å². The van der Waals surface area contributed by atoms with Gasteiger partial charge in [-0.25, -0.2) is 0 Å². The van der Waals surface area contributed by atoms with E-state index in [1.165, 1.54) is 30.3 Å². The lowest BCUT2D eigenvalue weighted by Gasteiger charge is -2.11. The first-order valence-electron chi connectivity index (χ1n) is 10.9. The molecule has 0 aliphatic heterocycles. The molecule has 0 spiro atoms. The summed E-state index contributed by atoms with van der Waals surface area (Å²) < 4.78 is 99.1. The van der Waals surface area contributed by atoms with Crippen LogP contribution >= 0.6 is 11.6 Å². The average Bonchev–Trinajstić information content (AvgIpc) is 2.85. The van der Waals surface area contributed by atoms with E-state index in [0.717, 1.165) is 30.3 Å². The number of hydrogen-bond donors (Lipinski definition) is 4. The third-order valence-electron chi connectivity index (χ3n) is 5.42. The molecular formula is C23H17ClN4O10S3. The maximum Gasteiger partial charge on any atom is 0.296 e. The van der Waals surface area contributed by atoms with Gasteiger partial charge < -0.3 is 5.11 Å². The molecule has 0 heterocycles. The Balaban J connectivity index is 1.79. The standard InChI is InChI=1S/C23H17ClN4O10S3/c1-12-8-13-10-20(41(36,37)38)22(23(29)21(13)17(24)9-12)28-27-18-7-4-15(11-19(18)40(33,34)35)26-25-14-2-5-16(6-3-14)39(30,31)32/h2-11,29H,1H3,(H,30,31,32)(H,33,34,35)(H,36,37,38). The van der Waals surface area contributed by atoms with E-state index in [1.807, 2.05) is 0 Å². The van der Waals surface area contributed by atoms with Crippen molar-refractivity contribution in [1.82, 2.24) is 0 Å². The highest BCUT2D eigenvalue weighted by atomic mass is 35.5. The Morgan fingerprint density at radius 3 is 1.83 bits per heavy atom. The maximum absolute atomic E-state index is 12.1. The summed E-state index contributed by atoms with van der Waals surface area (Å²) in [6.07, 6.45) is 0. The molecule has 4 N–H and O–H groups in total. The molecule has 214 valence electrons. The second kappa shape index (κ2) is 10.9. The first kappa shape index (κ1) is 30.1. The van der Waals surface area contributed by atoms with Crippen LogP contribution in [0.3, 0.4) is 0 Å². The predicted octanol–water partition coefficient (Wildman–Crippen LogP) is 6.08. The number of azo groups is 2. The molecule has 0 aliphatic rings. The Morgan fingerprint density at radius 2 is 1.24 bits per heavy atom. The number of phenols is 1. The summed E-state index contributed by atoms with van der Waals surface area (Å²) in [5.41, 5.74) is -0.593. The van der Waals surface area contributed by atoms with Crippen LogP contribution in [-0.4, -0.2) is 44.0 Å². The van der Waals surface area contributed by atoms with E-state index in [9.17, 15) is 39.5 Å². The van der Waals surface area contributed by atoms with Gasteiger partial charge >= 0.3 is 0 Å². The van der Waals surface area contributed by atoms with E-state index in [0.29, 0.717) is 5.56 Å². The second-order valence-corrected chi connectivity index (χ2v) is 13.0. The van der Waals surface area contributed by atoms with Crippen LogP contribution in [0.15, 0.2) is 95.8 Å². The lowest BCUT2D eigenvalue weighted by Crippen LogP contribution is -2.00. The molecule has 0 radical (unpaired) electrons. The lowest BCUT2D eigenvalue weighted by molar-refractivity contribution is 0.472. The first-order valence-corrected chi connectivity index (χ1v) is 15.6. The summed E-state index contributed by atoms with van der Waals surface area (Å²) in [6.45, 7) is 1.67. The summed E-state index contributed by atoms with van der Waals surface area (Å²) in [6, 6.07) is 11.7. The van der Waals surface area contributed by atoms with Crippen molar-refractivity contribution >= 4 is 75.5 Å². The molecule has 4 aromatic rings. The van der Waals surface area contributed by atoms with Gasteiger partial charge in [0.2, 0.25) is 0 Å². The number of nitrogens with zero attached hydrogens (tertiary/aromatic N) is 4. The topological polar surface area (TPSA) is 233 Å². The Bertz CT molecular complexity index is 2100. The minimum Gasteiger partial charge on any atom is -0.505 e. The Morgan fingerprint density at radius 1 is 0.659 bits per heavy atom. The van der Waals surface area contributed by atoms with Crippen LogP contribution in [-0.2, 0) is 30.4 Å². The van der Waals surface area contributed by atoms with Crippen LogP contribution in [0, 0.1) is 6.92 Å². The van der Waals surface area contributed by atoms with Crippen molar-refractivity contribution in [2.75, 3.05) is 0 Å².